The van der Waals surface area contributed by atoms with E-state index in [-0.39, 0.29) is 5.91 Å². The summed E-state index contributed by atoms with van der Waals surface area (Å²) < 4.78 is 5.59. The van der Waals surface area contributed by atoms with Crippen LogP contribution in [-0.2, 0) is 19.4 Å². The van der Waals surface area contributed by atoms with Gasteiger partial charge < -0.3 is 10.1 Å². The van der Waals surface area contributed by atoms with Gasteiger partial charge in [0.1, 0.15) is 12.1 Å². The van der Waals surface area contributed by atoms with Crippen molar-refractivity contribution in [1.82, 2.24) is 20.3 Å². The first-order valence-corrected chi connectivity index (χ1v) is 8.89. The van der Waals surface area contributed by atoms with Crippen molar-refractivity contribution in [3.8, 4) is 5.75 Å². The quantitative estimate of drug-likeness (QED) is 0.736. The van der Waals surface area contributed by atoms with E-state index in [4.69, 9.17) is 16.3 Å². The molecule has 2 aromatic heterocycles. The fraction of sp³-hybridized carbons (Fsp3) is 0.200. The molecule has 4 rings (SSSR count). The number of nitrogens with one attached hydrogen (secondary N) is 1. The van der Waals surface area contributed by atoms with Gasteiger partial charge in [-0.3, -0.25) is 9.78 Å². The fourth-order valence-corrected chi connectivity index (χ4v) is 3.36. The Labute approximate surface area is 161 Å². The van der Waals surface area contributed by atoms with Crippen LogP contribution in [0.5, 0.6) is 5.75 Å². The monoisotopic (exact) mass is 380 g/mol. The van der Waals surface area contributed by atoms with Gasteiger partial charge in [-0.15, -0.1) is 0 Å². The lowest BCUT2D eigenvalue weighted by Crippen LogP contribution is -2.12. The van der Waals surface area contributed by atoms with Gasteiger partial charge in [0.25, 0.3) is 5.91 Å². The molecular weight excluding hydrogens is 364 g/mol. The van der Waals surface area contributed by atoms with Crippen LogP contribution in [0.3, 0.4) is 0 Å². The number of benzene rings is 1. The number of carbonyl (C=O) groups excluding carboxylic acids is 1. The molecule has 1 N–H and O–H groups in total. The summed E-state index contributed by atoms with van der Waals surface area (Å²) in [6.07, 6.45) is 4.38. The molecular formula is C20H17ClN4O2. The fourth-order valence-electron chi connectivity index (χ4n) is 3.25. The van der Waals surface area contributed by atoms with Gasteiger partial charge in [0.05, 0.1) is 12.1 Å². The predicted octanol–water partition coefficient (Wildman–Crippen LogP) is 2.96. The molecule has 27 heavy (non-hydrogen) atoms. The van der Waals surface area contributed by atoms with Crippen molar-refractivity contribution < 1.29 is 9.53 Å². The smallest absolute Gasteiger partial charge is 0.252 e. The number of amides is 1. The third-order valence-electron chi connectivity index (χ3n) is 4.52. The molecule has 3 aromatic rings. The van der Waals surface area contributed by atoms with Crippen LogP contribution >= 0.6 is 11.6 Å². The molecule has 136 valence electrons. The Morgan fingerprint density at radius 1 is 1.07 bits per heavy atom. The number of aromatic nitrogens is 3. The highest BCUT2D eigenvalue weighted by molar-refractivity contribution is 6.30. The molecule has 1 amide bonds. The summed E-state index contributed by atoms with van der Waals surface area (Å²) in [7, 11) is 1.62. The third kappa shape index (κ3) is 3.61. The average molecular weight is 381 g/mol. The van der Waals surface area contributed by atoms with Gasteiger partial charge in [0, 0.05) is 59.4 Å². The van der Waals surface area contributed by atoms with Crippen molar-refractivity contribution in [2.24, 2.45) is 0 Å². The number of hydrogen-bond donors (Lipinski definition) is 1. The van der Waals surface area contributed by atoms with Gasteiger partial charge in [-0.25, -0.2) is 9.97 Å². The lowest BCUT2D eigenvalue weighted by atomic mass is 10.0. The Bertz CT molecular complexity index is 1010. The summed E-state index contributed by atoms with van der Waals surface area (Å²) >= 11 is 5.88. The maximum Gasteiger partial charge on any atom is 0.252 e. The van der Waals surface area contributed by atoms with Crippen LogP contribution in [0.1, 0.15) is 38.6 Å². The molecule has 0 aliphatic carbocycles. The molecule has 0 unspecified atom stereocenters. The maximum atomic E-state index is 11.8. The highest BCUT2D eigenvalue weighted by Gasteiger charge is 2.24. The van der Waals surface area contributed by atoms with E-state index in [0.29, 0.717) is 30.0 Å². The summed E-state index contributed by atoms with van der Waals surface area (Å²) in [5.41, 5.74) is 5.22. The number of halogens is 1. The lowest BCUT2D eigenvalue weighted by molar-refractivity contribution is 0.0965. The third-order valence-corrected chi connectivity index (χ3v) is 4.74. The highest BCUT2D eigenvalue weighted by Crippen LogP contribution is 2.31. The van der Waals surface area contributed by atoms with Crippen LogP contribution in [0.4, 0.5) is 0 Å². The molecule has 0 saturated heterocycles. The topological polar surface area (TPSA) is 77.0 Å². The van der Waals surface area contributed by atoms with Crippen molar-refractivity contribution in [1.29, 1.82) is 0 Å². The van der Waals surface area contributed by atoms with E-state index >= 15 is 0 Å². The van der Waals surface area contributed by atoms with E-state index in [1.165, 1.54) is 0 Å². The van der Waals surface area contributed by atoms with Crippen molar-refractivity contribution in [2.75, 3.05) is 7.11 Å². The van der Waals surface area contributed by atoms with E-state index in [9.17, 15) is 4.79 Å². The minimum atomic E-state index is -0.0605. The Kier molecular flexibility index (Phi) is 4.73. The Morgan fingerprint density at radius 3 is 2.63 bits per heavy atom. The molecule has 7 heteroatoms. The van der Waals surface area contributed by atoms with Crippen LogP contribution in [0.2, 0.25) is 5.02 Å². The summed E-state index contributed by atoms with van der Waals surface area (Å²) in [5, 5.41) is 3.44. The van der Waals surface area contributed by atoms with Crippen molar-refractivity contribution >= 4 is 17.5 Å². The number of ether oxygens (including phenoxy) is 1. The largest absolute Gasteiger partial charge is 0.496 e. The normalized spacial score (nSPS) is 12.6. The van der Waals surface area contributed by atoms with Crippen LogP contribution in [-0.4, -0.2) is 28.0 Å². The molecule has 0 spiro atoms. The van der Waals surface area contributed by atoms with Crippen molar-refractivity contribution in [3.05, 3.63) is 81.7 Å². The molecule has 6 nitrogen and oxygen atoms in total. The summed E-state index contributed by atoms with van der Waals surface area (Å²) in [6.45, 7) is 0.489. The average Bonchev–Trinajstić information content (AvgIpc) is 3.05. The predicted molar refractivity (Wildman–Crippen MR) is 101 cm³/mol. The number of methoxy groups -OCH3 is 1. The second-order valence-electron chi connectivity index (χ2n) is 6.29. The molecule has 3 heterocycles. The molecule has 1 aliphatic heterocycles. The Balaban J connectivity index is 1.58. The van der Waals surface area contributed by atoms with Gasteiger partial charge in [-0.2, -0.15) is 0 Å². The zero-order chi connectivity index (χ0) is 18.8. The highest BCUT2D eigenvalue weighted by atomic mass is 35.5. The molecule has 0 fully saturated rings. The first-order valence-electron chi connectivity index (χ1n) is 8.51. The number of nitrogens with zero attached hydrogens (tertiary/aromatic N) is 3. The second kappa shape index (κ2) is 7.32. The van der Waals surface area contributed by atoms with E-state index in [2.05, 4.69) is 20.3 Å². The SMILES string of the molecule is COc1c(Cc2cc(Cc3ccc(Cl)cn3)ncn2)ccc2c1CNC2=O. The Morgan fingerprint density at radius 2 is 1.89 bits per heavy atom. The molecule has 1 aromatic carbocycles. The van der Waals surface area contributed by atoms with Crippen molar-refractivity contribution in [3.63, 3.8) is 0 Å². The zero-order valence-corrected chi connectivity index (χ0v) is 15.5. The number of pyridine rings is 1. The van der Waals surface area contributed by atoms with E-state index in [0.717, 1.165) is 34.0 Å². The molecule has 0 radical (unpaired) electrons. The number of rotatable bonds is 5. The summed E-state index contributed by atoms with van der Waals surface area (Å²) in [5.74, 6) is 0.681. The maximum absolute atomic E-state index is 11.8. The van der Waals surface area contributed by atoms with Crippen molar-refractivity contribution in [2.45, 2.75) is 19.4 Å². The van der Waals surface area contributed by atoms with E-state index in [1.54, 1.807) is 19.6 Å². The lowest BCUT2D eigenvalue weighted by Gasteiger charge is -2.12. The summed E-state index contributed by atoms with van der Waals surface area (Å²) in [4.78, 5) is 24.9. The van der Waals surface area contributed by atoms with Crippen LogP contribution in [0, 0.1) is 0 Å². The minimum Gasteiger partial charge on any atom is -0.496 e. The molecule has 0 bridgehead atoms. The van der Waals surface area contributed by atoms with Gasteiger partial charge in [-0.05, 0) is 24.3 Å². The number of fused-ring (bicyclic) bond motifs is 1. The van der Waals surface area contributed by atoms with E-state index < -0.39 is 0 Å². The minimum absolute atomic E-state index is 0.0605. The van der Waals surface area contributed by atoms with E-state index in [1.807, 2.05) is 30.3 Å². The molecule has 0 atom stereocenters. The van der Waals surface area contributed by atoms with Gasteiger partial charge in [-0.1, -0.05) is 17.7 Å². The first kappa shape index (κ1) is 17.4. The van der Waals surface area contributed by atoms with Crippen LogP contribution in [0.15, 0.2) is 42.9 Å². The number of hydrogen-bond acceptors (Lipinski definition) is 5. The zero-order valence-electron chi connectivity index (χ0n) is 14.7. The van der Waals surface area contributed by atoms with Gasteiger partial charge >= 0.3 is 0 Å². The van der Waals surface area contributed by atoms with Gasteiger partial charge in [0.2, 0.25) is 0 Å². The number of carbonyl (C=O) groups is 1. The molecule has 0 saturated carbocycles. The van der Waals surface area contributed by atoms with Crippen LogP contribution < -0.4 is 10.1 Å². The standard InChI is InChI=1S/C20H17ClN4O2/c1-27-19-12(2-5-17-18(19)10-23-20(17)26)6-15-8-16(25-11-24-15)7-14-4-3-13(21)9-22-14/h2-5,8-9,11H,6-7,10H2,1H3,(H,23,26). The van der Waals surface area contributed by atoms with Crippen LogP contribution in [0.25, 0.3) is 0 Å². The van der Waals surface area contributed by atoms with Gasteiger partial charge in [0.15, 0.2) is 0 Å². The first-order chi connectivity index (χ1) is 13.1. The molecule has 1 aliphatic rings. The second-order valence-corrected chi connectivity index (χ2v) is 6.73. The Hall–Kier alpha value is -2.99. The summed E-state index contributed by atoms with van der Waals surface area (Å²) in [6, 6.07) is 9.43.